The fourth-order valence-electron chi connectivity index (χ4n) is 2.06. The van der Waals surface area contributed by atoms with Crippen LogP contribution in [0.4, 0.5) is 10.2 Å². The second-order valence-electron chi connectivity index (χ2n) is 4.89. The van der Waals surface area contributed by atoms with E-state index in [1.807, 2.05) is 6.92 Å². The number of carbonyl (C=O) groups excluding carboxylic acids is 1. The number of aromatic nitrogens is 1. The summed E-state index contributed by atoms with van der Waals surface area (Å²) in [6.45, 7) is 3.98. The van der Waals surface area contributed by atoms with E-state index < -0.39 is 5.82 Å². The zero-order chi connectivity index (χ0) is 15.4. The van der Waals surface area contributed by atoms with Crippen LogP contribution in [0.25, 0.3) is 0 Å². The SMILES string of the molecule is CNc1ncc(F)cc1C(=O)NC(C)Cc1ccc(C)s1. The van der Waals surface area contributed by atoms with Gasteiger partial charge in [-0.1, -0.05) is 0 Å². The zero-order valence-electron chi connectivity index (χ0n) is 12.2. The number of aryl methyl sites for hydroxylation is 1. The molecular weight excluding hydrogens is 289 g/mol. The van der Waals surface area contributed by atoms with Gasteiger partial charge < -0.3 is 10.6 Å². The Labute approximate surface area is 127 Å². The van der Waals surface area contributed by atoms with E-state index in [0.717, 1.165) is 12.6 Å². The number of amides is 1. The fourth-order valence-corrected chi connectivity index (χ4v) is 3.08. The summed E-state index contributed by atoms with van der Waals surface area (Å²) in [4.78, 5) is 18.6. The van der Waals surface area contributed by atoms with Crippen molar-refractivity contribution in [3.05, 3.63) is 45.5 Å². The van der Waals surface area contributed by atoms with Crippen LogP contribution in [-0.4, -0.2) is 24.0 Å². The van der Waals surface area contributed by atoms with E-state index in [1.165, 1.54) is 15.8 Å². The van der Waals surface area contributed by atoms with Crippen LogP contribution in [0.5, 0.6) is 0 Å². The highest BCUT2D eigenvalue weighted by Crippen LogP contribution is 2.17. The molecule has 2 aromatic rings. The molecule has 1 atom stereocenters. The number of hydrogen-bond donors (Lipinski definition) is 2. The Morgan fingerprint density at radius 1 is 1.48 bits per heavy atom. The van der Waals surface area contributed by atoms with Gasteiger partial charge in [0.25, 0.3) is 5.91 Å². The zero-order valence-corrected chi connectivity index (χ0v) is 13.1. The predicted molar refractivity (Wildman–Crippen MR) is 83.4 cm³/mol. The quantitative estimate of drug-likeness (QED) is 0.893. The highest BCUT2D eigenvalue weighted by Gasteiger charge is 2.16. The number of rotatable bonds is 5. The summed E-state index contributed by atoms with van der Waals surface area (Å²) in [5.41, 5.74) is 0.215. The molecule has 0 fully saturated rings. The molecule has 0 radical (unpaired) electrons. The topological polar surface area (TPSA) is 54.0 Å². The highest BCUT2D eigenvalue weighted by molar-refractivity contribution is 7.11. The summed E-state index contributed by atoms with van der Waals surface area (Å²) in [6, 6.07) is 5.27. The molecule has 0 aliphatic carbocycles. The Morgan fingerprint density at radius 3 is 2.86 bits per heavy atom. The highest BCUT2D eigenvalue weighted by atomic mass is 32.1. The average Bonchev–Trinajstić information content (AvgIpc) is 2.83. The van der Waals surface area contributed by atoms with Gasteiger partial charge in [0, 0.05) is 29.3 Å². The van der Waals surface area contributed by atoms with Crippen LogP contribution in [-0.2, 0) is 6.42 Å². The summed E-state index contributed by atoms with van der Waals surface area (Å²) >= 11 is 1.71. The first kappa shape index (κ1) is 15.4. The van der Waals surface area contributed by atoms with Crippen molar-refractivity contribution in [1.29, 1.82) is 0 Å². The molecule has 6 heteroatoms. The van der Waals surface area contributed by atoms with E-state index in [1.54, 1.807) is 18.4 Å². The molecule has 1 unspecified atom stereocenters. The summed E-state index contributed by atoms with van der Waals surface area (Å²) in [7, 11) is 1.65. The first-order valence-electron chi connectivity index (χ1n) is 6.69. The maximum absolute atomic E-state index is 13.3. The van der Waals surface area contributed by atoms with Gasteiger partial charge in [-0.05, 0) is 32.0 Å². The van der Waals surface area contributed by atoms with Gasteiger partial charge in [-0.3, -0.25) is 4.79 Å². The number of thiophene rings is 1. The van der Waals surface area contributed by atoms with Gasteiger partial charge >= 0.3 is 0 Å². The molecule has 0 aliphatic heterocycles. The number of nitrogens with zero attached hydrogens (tertiary/aromatic N) is 1. The molecule has 2 rings (SSSR count). The van der Waals surface area contributed by atoms with Gasteiger partial charge in [0.1, 0.15) is 11.6 Å². The number of anilines is 1. The van der Waals surface area contributed by atoms with E-state index in [0.29, 0.717) is 5.82 Å². The number of pyridine rings is 1. The third kappa shape index (κ3) is 4.01. The van der Waals surface area contributed by atoms with Gasteiger partial charge in [0.05, 0.1) is 11.8 Å². The van der Waals surface area contributed by atoms with Crippen molar-refractivity contribution in [3.63, 3.8) is 0 Å². The average molecular weight is 307 g/mol. The van der Waals surface area contributed by atoms with Crippen LogP contribution >= 0.6 is 11.3 Å². The Hall–Kier alpha value is -1.95. The standard InChI is InChI=1S/C15H18FN3OS/c1-9(6-12-5-4-10(2)21-12)19-15(20)13-7-11(16)8-18-14(13)17-3/h4-5,7-9H,6H2,1-3H3,(H,17,18)(H,19,20). The fraction of sp³-hybridized carbons (Fsp3) is 0.333. The smallest absolute Gasteiger partial charge is 0.255 e. The lowest BCUT2D eigenvalue weighted by molar-refractivity contribution is 0.0940. The third-order valence-electron chi connectivity index (χ3n) is 3.02. The lowest BCUT2D eigenvalue weighted by Gasteiger charge is -2.14. The summed E-state index contributed by atoms with van der Waals surface area (Å²) < 4.78 is 13.3. The molecule has 0 bridgehead atoms. The van der Waals surface area contributed by atoms with Gasteiger partial charge in [0.15, 0.2) is 0 Å². The molecule has 0 saturated carbocycles. The van der Waals surface area contributed by atoms with Crippen molar-refractivity contribution in [2.45, 2.75) is 26.3 Å². The van der Waals surface area contributed by atoms with Crippen LogP contribution in [0.15, 0.2) is 24.4 Å². The van der Waals surface area contributed by atoms with Crippen LogP contribution < -0.4 is 10.6 Å². The number of halogens is 1. The van der Waals surface area contributed by atoms with Crippen molar-refractivity contribution in [1.82, 2.24) is 10.3 Å². The largest absolute Gasteiger partial charge is 0.372 e. The van der Waals surface area contributed by atoms with Crippen LogP contribution in [0, 0.1) is 12.7 Å². The van der Waals surface area contributed by atoms with Gasteiger partial charge in [0.2, 0.25) is 0 Å². The molecule has 2 heterocycles. The van der Waals surface area contributed by atoms with Crippen molar-refractivity contribution in [2.24, 2.45) is 0 Å². The second kappa shape index (κ2) is 6.67. The van der Waals surface area contributed by atoms with Crippen LogP contribution in [0.3, 0.4) is 0 Å². The minimum Gasteiger partial charge on any atom is -0.372 e. The normalized spacial score (nSPS) is 12.0. The summed E-state index contributed by atoms with van der Waals surface area (Å²) in [5, 5.41) is 5.67. The van der Waals surface area contributed by atoms with E-state index in [2.05, 4.69) is 34.7 Å². The van der Waals surface area contributed by atoms with Crippen molar-refractivity contribution < 1.29 is 9.18 Å². The molecule has 21 heavy (non-hydrogen) atoms. The Kier molecular flexibility index (Phi) is 4.90. The molecule has 4 nitrogen and oxygen atoms in total. The summed E-state index contributed by atoms with van der Waals surface area (Å²) in [6.07, 6.45) is 1.84. The maximum atomic E-state index is 13.3. The minimum atomic E-state index is -0.527. The Bertz CT molecular complexity index is 642. The van der Waals surface area contributed by atoms with Gasteiger partial charge in [-0.15, -0.1) is 11.3 Å². The lowest BCUT2D eigenvalue weighted by atomic mass is 10.1. The molecule has 1 amide bonds. The van der Waals surface area contributed by atoms with Crippen LogP contribution in [0.2, 0.25) is 0 Å². The van der Waals surface area contributed by atoms with Crippen molar-refractivity contribution >= 4 is 23.1 Å². The monoisotopic (exact) mass is 307 g/mol. The van der Waals surface area contributed by atoms with Crippen molar-refractivity contribution in [2.75, 3.05) is 12.4 Å². The molecule has 2 aromatic heterocycles. The van der Waals surface area contributed by atoms with Gasteiger partial charge in [-0.25, -0.2) is 9.37 Å². The van der Waals surface area contributed by atoms with Gasteiger partial charge in [-0.2, -0.15) is 0 Å². The molecule has 0 aliphatic rings. The summed E-state index contributed by atoms with van der Waals surface area (Å²) in [5.74, 6) is -0.485. The first-order chi connectivity index (χ1) is 9.99. The maximum Gasteiger partial charge on any atom is 0.255 e. The predicted octanol–water partition coefficient (Wildman–Crippen LogP) is 2.99. The van der Waals surface area contributed by atoms with Crippen molar-refractivity contribution in [3.8, 4) is 0 Å². The Balaban J connectivity index is 2.05. The molecule has 0 saturated heterocycles. The molecule has 112 valence electrons. The molecular formula is C15H18FN3OS. The molecule has 2 N–H and O–H groups in total. The van der Waals surface area contributed by atoms with E-state index in [-0.39, 0.29) is 17.5 Å². The van der Waals surface area contributed by atoms with Crippen LogP contribution in [0.1, 0.15) is 27.0 Å². The first-order valence-corrected chi connectivity index (χ1v) is 7.50. The van der Waals surface area contributed by atoms with E-state index in [4.69, 9.17) is 0 Å². The lowest BCUT2D eigenvalue weighted by Crippen LogP contribution is -2.34. The van der Waals surface area contributed by atoms with E-state index >= 15 is 0 Å². The Morgan fingerprint density at radius 2 is 2.24 bits per heavy atom. The second-order valence-corrected chi connectivity index (χ2v) is 6.26. The molecule has 0 aromatic carbocycles. The number of hydrogen-bond acceptors (Lipinski definition) is 4. The molecule has 0 spiro atoms. The number of carbonyl (C=O) groups is 1. The third-order valence-corrected chi connectivity index (χ3v) is 4.04. The number of nitrogens with one attached hydrogen (secondary N) is 2. The minimum absolute atomic E-state index is 0.0384. The van der Waals surface area contributed by atoms with E-state index in [9.17, 15) is 9.18 Å².